The second-order valence-corrected chi connectivity index (χ2v) is 6.77. The smallest absolute Gasteiger partial charge is 0.222 e. The normalized spacial score (nSPS) is 14.3. The Morgan fingerprint density at radius 3 is 2.21 bits per heavy atom. The average Bonchev–Trinajstić information content (AvgIpc) is 2.46. The number of carbonyl (C=O) groups excluding carboxylic acids is 2. The molecule has 0 bridgehead atoms. The van der Waals surface area contributed by atoms with Crippen molar-refractivity contribution in [2.75, 3.05) is 6.54 Å². The molecule has 2 unspecified atom stereocenters. The second-order valence-electron chi connectivity index (χ2n) is 6.33. The Balaban J connectivity index is 0.00000529. The molecule has 0 spiro atoms. The minimum absolute atomic E-state index is 0. The first kappa shape index (κ1) is 22.7. The van der Waals surface area contributed by atoms with Crippen LogP contribution in [0.2, 0.25) is 5.02 Å². The molecule has 1 rings (SSSR count). The molecule has 0 heterocycles. The van der Waals surface area contributed by atoms with E-state index < -0.39 is 11.6 Å². The third-order valence-corrected chi connectivity index (χ3v) is 4.41. The molecule has 0 radical (unpaired) electrons. The molecule has 2 amide bonds. The number of halogens is 2. The van der Waals surface area contributed by atoms with E-state index in [9.17, 15) is 9.59 Å². The number of rotatable bonds is 7. The van der Waals surface area contributed by atoms with Crippen LogP contribution in [0, 0.1) is 5.92 Å². The van der Waals surface area contributed by atoms with Gasteiger partial charge in [-0.15, -0.1) is 12.4 Å². The van der Waals surface area contributed by atoms with Crippen LogP contribution in [0.15, 0.2) is 24.3 Å². The second kappa shape index (κ2) is 9.87. The van der Waals surface area contributed by atoms with E-state index in [-0.39, 0.29) is 36.6 Å². The van der Waals surface area contributed by atoms with Crippen LogP contribution >= 0.6 is 24.0 Å². The van der Waals surface area contributed by atoms with Gasteiger partial charge in [-0.25, -0.2) is 0 Å². The fourth-order valence-corrected chi connectivity index (χ4v) is 2.30. The van der Waals surface area contributed by atoms with Crippen molar-refractivity contribution >= 4 is 35.8 Å². The Labute approximate surface area is 155 Å². The molecule has 0 saturated heterocycles. The fraction of sp³-hybridized carbons (Fsp3) is 0.529. The summed E-state index contributed by atoms with van der Waals surface area (Å²) in [7, 11) is 0. The topological polar surface area (TPSA) is 84.2 Å². The molecule has 136 valence electrons. The van der Waals surface area contributed by atoms with Gasteiger partial charge >= 0.3 is 0 Å². The number of amides is 2. The van der Waals surface area contributed by atoms with Crippen molar-refractivity contribution < 1.29 is 9.59 Å². The molecule has 5 nitrogen and oxygen atoms in total. The molecule has 7 heteroatoms. The summed E-state index contributed by atoms with van der Waals surface area (Å²) in [6, 6.07) is 6.68. The Hall–Kier alpha value is -1.30. The zero-order valence-corrected chi connectivity index (χ0v) is 16.1. The maximum absolute atomic E-state index is 12.4. The van der Waals surface area contributed by atoms with Crippen LogP contribution in [0.4, 0.5) is 0 Å². The van der Waals surface area contributed by atoms with Crippen molar-refractivity contribution in [1.82, 2.24) is 10.6 Å². The number of nitrogens with two attached hydrogens (primary N) is 1. The number of carbonyl (C=O) groups is 2. The lowest BCUT2D eigenvalue weighted by atomic mass is 9.88. The molecule has 4 N–H and O–H groups in total. The van der Waals surface area contributed by atoms with E-state index in [0.29, 0.717) is 11.6 Å². The third kappa shape index (κ3) is 6.67. The Bertz CT molecular complexity index is 549. The lowest BCUT2D eigenvalue weighted by Crippen LogP contribution is -2.55. The maximum Gasteiger partial charge on any atom is 0.222 e. The Kier molecular flexibility index (Phi) is 9.33. The monoisotopic (exact) mass is 375 g/mol. The highest BCUT2D eigenvalue weighted by Crippen LogP contribution is 2.21. The first-order valence-electron chi connectivity index (χ1n) is 7.71. The fourth-order valence-electron chi connectivity index (χ4n) is 2.18. The molecule has 0 aliphatic carbocycles. The molecule has 1 aromatic carbocycles. The van der Waals surface area contributed by atoms with Crippen LogP contribution in [0.25, 0.3) is 0 Å². The summed E-state index contributed by atoms with van der Waals surface area (Å²) in [6.07, 6.45) is 0.142. The summed E-state index contributed by atoms with van der Waals surface area (Å²) in [5, 5.41) is 6.40. The minimum atomic E-state index is -0.474. The van der Waals surface area contributed by atoms with Gasteiger partial charge in [-0.1, -0.05) is 37.6 Å². The van der Waals surface area contributed by atoms with Crippen molar-refractivity contribution in [3.05, 3.63) is 34.9 Å². The van der Waals surface area contributed by atoms with Crippen LogP contribution in [0.3, 0.4) is 0 Å². The molecular weight excluding hydrogens is 349 g/mol. The highest BCUT2D eigenvalue weighted by atomic mass is 35.5. The van der Waals surface area contributed by atoms with Gasteiger partial charge in [0.25, 0.3) is 0 Å². The zero-order valence-electron chi connectivity index (χ0n) is 14.6. The lowest BCUT2D eigenvalue weighted by molar-refractivity contribution is -0.124. The van der Waals surface area contributed by atoms with E-state index in [1.807, 2.05) is 20.8 Å². The van der Waals surface area contributed by atoms with Crippen LogP contribution < -0.4 is 16.4 Å². The van der Waals surface area contributed by atoms with Gasteiger partial charge in [0.1, 0.15) is 0 Å². The minimum Gasteiger partial charge on any atom is -0.349 e. The van der Waals surface area contributed by atoms with Gasteiger partial charge in [-0.3, -0.25) is 9.59 Å². The van der Waals surface area contributed by atoms with Gasteiger partial charge < -0.3 is 16.4 Å². The van der Waals surface area contributed by atoms with E-state index in [2.05, 4.69) is 10.6 Å². The molecule has 0 aromatic heterocycles. The van der Waals surface area contributed by atoms with Gasteiger partial charge in [0.2, 0.25) is 11.8 Å². The van der Waals surface area contributed by atoms with Crippen molar-refractivity contribution in [2.24, 2.45) is 11.7 Å². The lowest BCUT2D eigenvalue weighted by Gasteiger charge is -2.34. The molecule has 1 aromatic rings. The van der Waals surface area contributed by atoms with Crippen molar-refractivity contribution in [2.45, 2.75) is 45.7 Å². The zero-order chi connectivity index (χ0) is 17.6. The van der Waals surface area contributed by atoms with Crippen molar-refractivity contribution in [3.8, 4) is 0 Å². The quantitative estimate of drug-likeness (QED) is 0.684. The molecule has 0 saturated carbocycles. The van der Waals surface area contributed by atoms with E-state index in [4.69, 9.17) is 17.3 Å². The van der Waals surface area contributed by atoms with E-state index >= 15 is 0 Å². The highest BCUT2D eigenvalue weighted by Gasteiger charge is 2.29. The molecule has 0 fully saturated rings. The summed E-state index contributed by atoms with van der Waals surface area (Å²) in [4.78, 5) is 23.8. The summed E-state index contributed by atoms with van der Waals surface area (Å²) < 4.78 is 0. The molecular formula is C17H27Cl2N3O2. The first-order chi connectivity index (χ1) is 10.7. The van der Waals surface area contributed by atoms with Crippen LogP contribution in [0.1, 0.15) is 45.7 Å². The van der Waals surface area contributed by atoms with E-state index in [0.717, 1.165) is 5.56 Å². The first-order valence-corrected chi connectivity index (χ1v) is 8.09. The number of hydrogen-bond acceptors (Lipinski definition) is 3. The summed E-state index contributed by atoms with van der Waals surface area (Å²) in [6.45, 7) is 7.72. The van der Waals surface area contributed by atoms with Gasteiger partial charge in [0.05, 0.1) is 18.0 Å². The number of hydrogen-bond donors (Lipinski definition) is 3. The van der Waals surface area contributed by atoms with Gasteiger partial charge in [-0.2, -0.15) is 0 Å². The highest BCUT2D eigenvalue weighted by molar-refractivity contribution is 6.30. The standard InChI is InChI=1S/C17H26ClN3O2.ClH/c1-11(2)17(4,10-19)21-16(23)9-15(20-12(3)22)13-5-7-14(18)8-6-13;/h5-8,11,15H,9-10,19H2,1-4H3,(H,20,22)(H,21,23);1H. The predicted molar refractivity (Wildman–Crippen MR) is 100 cm³/mol. The summed E-state index contributed by atoms with van der Waals surface area (Å²) in [5.74, 6) is -0.144. The largest absolute Gasteiger partial charge is 0.349 e. The van der Waals surface area contributed by atoms with Gasteiger partial charge in [0.15, 0.2) is 0 Å². The van der Waals surface area contributed by atoms with E-state index in [1.54, 1.807) is 24.3 Å². The van der Waals surface area contributed by atoms with Crippen molar-refractivity contribution in [1.29, 1.82) is 0 Å². The maximum atomic E-state index is 12.4. The molecule has 24 heavy (non-hydrogen) atoms. The van der Waals surface area contributed by atoms with Gasteiger partial charge in [0, 0.05) is 18.5 Å². The number of benzene rings is 1. The number of nitrogens with one attached hydrogen (secondary N) is 2. The molecule has 0 aliphatic rings. The van der Waals surface area contributed by atoms with Crippen LogP contribution in [0.5, 0.6) is 0 Å². The molecule has 2 atom stereocenters. The Morgan fingerprint density at radius 1 is 1.25 bits per heavy atom. The SMILES string of the molecule is CC(=O)NC(CC(=O)NC(C)(CN)C(C)C)c1ccc(Cl)cc1.Cl. The van der Waals surface area contributed by atoms with Crippen molar-refractivity contribution in [3.63, 3.8) is 0 Å². The average molecular weight is 376 g/mol. The van der Waals surface area contributed by atoms with Crippen LogP contribution in [-0.4, -0.2) is 23.9 Å². The van der Waals surface area contributed by atoms with Gasteiger partial charge in [-0.05, 0) is 30.5 Å². The van der Waals surface area contributed by atoms with E-state index in [1.165, 1.54) is 6.92 Å². The molecule has 0 aliphatic heterocycles. The Morgan fingerprint density at radius 2 is 1.79 bits per heavy atom. The third-order valence-electron chi connectivity index (χ3n) is 4.16. The summed E-state index contributed by atoms with van der Waals surface area (Å²) >= 11 is 5.89. The van der Waals surface area contributed by atoms with Crippen LogP contribution in [-0.2, 0) is 9.59 Å². The predicted octanol–water partition coefficient (Wildman–Crippen LogP) is 2.82. The summed E-state index contributed by atoms with van der Waals surface area (Å²) in [5.41, 5.74) is 6.15.